The molecule has 0 spiro atoms. The summed E-state index contributed by atoms with van der Waals surface area (Å²) in [6, 6.07) is 5.67. The molecule has 0 saturated heterocycles. The Morgan fingerprint density at radius 2 is 2.06 bits per heavy atom. The van der Waals surface area contributed by atoms with Crippen LogP contribution in [0, 0.1) is 4.77 Å². The van der Waals surface area contributed by atoms with Crippen LogP contribution in [-0.2, 0) is 6.54 Å². The molecule has 0 aliphatic carbocycles. The maximum atomic E-state index is 5.22. The van der Waals surface area contributed by atoms with Crippen molar-refractivity contribution < 1.29 is 9.47 Å². The van der Waals surface area contributed by atoms with E-state index in [0.29, 0.717) is 22.8 Å². The van der Waals surface area contributed by atoms with Crippen molar-refractivity contribution in [3.05, 3.63) is 28.5 Å². The van der Waals surface area contributed by atoms with Crippen LogP contribution in [0.15, 0.2) is 18.2 Å². The largest absolute Gasteiger partial charge is 0.493 e. The van der Waals surface area contributed by atoms with Crippen molar-refractivity contribution in [3.8, 4) is 11.5 Å². The quantitative estimate of drug-likeness (QED) is 0.833. The van der Waals surface area contributed by atoms with E-state index >= 15 is 0 Å². The van der Waals surface area contributed by atoms with E-state index in [9.17, 15) is 0 Å². The molecule has 17 heavy (non-hydrogen) atoms. The zero-order valence-corrected chi connectivity index (χ0v) is 10.3. The van der Waals surface area contributed by atoms with Crippen LogP contribution in [0.3, 0.4) is 0 Å². The minimum absolute atomic E-state index is 0.416. The van der Waals surface area contributed by atoms with E-state index in [-0.39, 0.29) is 0 Å². The first kappa shape index (κ1) is 11.6. The molecule has 6 nitrogen and oxygen atoms in total. The number of aromatic amines is 1. The highest BCUT2D eigenvalue weighted by atomic mass is 32.1. The maximum Gasteiger partial charge on any atom is 0.238 e. The van der Waals surface area contributed by atoms with Crippen molar-refractivity contribution >= 4 is 12.2 Å². The third-order valence-corrected chi connectivity index (χ3v) is 2.62. The monoisotopic (exact) mass is 252 g/mol. The third kappa shape index (κ3) is 2.44. The first-order valence-corrected chi connectivity index (χ1v) is 5.34. The minimum Gasteiger partial charge on any atom is -0.493 e. The van der Waals surface area contributed by atoms with Gasteiger partial charge in [-0.2, -0.15) is 5.21 Å². The molecule has 7 heteroatoms. The molecular formula is C10H12N4O2S. The lowest BCUT2D eigenvalue weighted by Gasteiger charge is -2.09. The van der Waals surface area contributed by atoms with Crippen LogP contribution in [0.5, 0.6) is 11.5 Å². The summed E-state index contributed by atoms with van der Waals surface area (Å²) in [6.45, 7) is 0.562. The van der Waals surface area contributed by atoms with E-state index < -0.39 is 0 Å². The lowest BCUT2D eigenvalue weighted by molar-refractivity contribution is 0.354. The van der Waals surface area contributed by atoms with Crippen molar-refractivity contribution in [3.63, 3.8) is 0 Å². The molecule has 1 aromatic heterocycles. The summed E-state index contributed by atoms with van der Waals surface area (Å²) in [7, 11) is 3.21. The predicted octanol–water partition coefficient (Wildman–Crippen LogP) is 1.40. The summed E-state index contributed by atoms with van der Waals surface area (Å²) >= 11 is 5.00. The summed E-state index contributed by atoms with van der Waals surface area (Å²) in [6.07, 6.45) is 0. The SMILES string of the molecule is COc1ccc(Cn2[nH]nnc2=S)cc1OC. The number of rotatable bonds is 4. The molecular weight excluding hydrogens is 240 g/mol. The zero-order chi connectivity index (χ0) is 12.3. The normalized spacial score (nSPS) is 10.2. The van der Waals surface area contributed by atoms with Crippen molar-refractivity contribution in [2.45, 2.75) is 6.54 Å². The Morgan fingerprint density at radius 1 is 1.29 bits per heavy atom. The number of hydrogen-bond acceptors (Lipinski definition) is 5. The lowest BCUT2D eigenvalue weighted by atomic mass is 10.2. The maximum absolute atomic E-state index is 5.22. The van der Waals surface area contributed by atoms with Crippen molar-refractivity contribution in [2.75, 3.05) is 14.2 Å². The molecule has 0 unspecified atom stereocenters. The highest BCUT2D eigenvalue weighted by molar-refractivity contribution is 7.71. The van der Waals surface area contributed by atoms with Gasteiger partial charge in [0.25, 0.3) is 0 Å². The van der Waals surface area contributed by atoms with Crippen LogP contribution in [0.4, 0.5) is 0 Å². The van der Waals surface area contributed by atoms with Crippen LogP contribution >= 0.6 is 12.2 Å². The van der Waals surface area contributed by atoms with Crippen molar-refractivity contribution in [1.29, 1.82) is 0 Å². The average Bonchev–Trinajstić information content (AvgIpc) is 2.75. The molecule has 90 valence electrons. The van der Waals surface area contributed by atoms with Gasteiger partial charge in [-0.3, -0.25) is 0 Å². The second-order valence-electron chi connectivity index (χ2n) is 3.36. The molecule has 0 saturated carbocycles. The fraction of sp³-hybridized carbons (Fsp3) is 0.300. The smallest absolute Gasteiger partial charge is 0.238 e. The lowest BCUT2D eigenvalue weighted by Crippen LogP contribution is -2.02. The third-order valence-electron chi connectivity index (χ3n) is 2.32. The van der Waals surface area contributed by atoms with E-state index in [1.54, 1.807) is 18.9 Å². The van der Waals surface area contributed by atoms with Gasteiger partial charge < -0.3 is 9.47 Å². The number of methoxy groups -OCH3 is 2. The number of ether oxygens (including phenoxy) is 2. The topological polar surface area (TPSA) is 65.0 Å². The molecule has 1 heterocycles. The average molecular weight is 252 g/mol. The highest BCUT2D eigenvalue weighted by Crippen LogP contribution is 2.27. The van der Waals surface area contributed by atoms with E-state index in [1.807, 2.05) is 18.2 Å². The Hall–Kier alpha value is -1.89. The van der Waals surface area contributed by atoms with Gasteiger partial charge in [0.2, 0.25) is 4.77 Å². The van der Waals surface area contributed by atoms with Crippen LogP contribution in [0.1, 0.15) is 5.56 Å². The number of hydrogen-bond donors (Lipinski definition) is 1. The van der Waals surface area contributed by atoms with Crippen LogP contribution in [-0.4, -0.2) is 34.4 Å². The Labute approximate surface area is 103 Å². The molecule has 2 rings (SSSR count). The first-order chi connectivity index (χ1) is 8.24. The van der Waals surface area contributed by atoms with Crippen LogP contribution in [0.2, 0.25) is 0 Å². The van der Waals surface area contributed by atoms with Crippen molar-refractivity contribution in [1.82, 2.24) is 20.2 Å². The molecule has 1 N–H and O–H groups in total. The summed E-state index contributed by atoms with van der Waals surface area (Å²) in [5.74, 6) is 1.38. The summed E-state index contributed by atoms with van der Waals surface area (Å²) in [4.78, 5) is 0. The summed E-state index contributed by atoms with van der Waals surface area (Å²) < 4.78 is 12.5. The molecule has 0 radical (unpaired) electrons. The second kappa shape index (κ2) is 4.96. The van der Waals surface area contributed by atoms with Gasteiger partial charge in [-0.25, -0.2) is 4.68 Å². The van der Waals surface area contributed by atoms with Gasteiger partial charge in [0.05, 0.1) is 20.8 Å². The zero-order valence-electron chi connectivity index (χ0n) is 9.51. The van der Waals surface area contributed by atoms with E-state index in [1.165, 1.54) is 0 Å². The first-order valence-electron chi connectivity index (χ1n) is 4.93. The van der Waals surface area contributed by atoms with Gasteiger partial charge in [0.15, 0.2) is 11.5 Å². The molecule has 0 aliphatic heterocycles. The van der Waals surface area contributed by atoms with Gasteiger partial charge in [-0.05, 0) is 29.9 Å². The second-order valence-corrected chi connectivity index (χ2v) is 3.72. The predicted molar refractivity (Wildman–Crippen MR) is 63.9 cm³/mol. The number of tetrazole rings is 1. The van der Waals surface area contributed by atoms with Crippen LogP contribution < -0.4 is 9.47 Å². The molecule has 0 aliphatic rings. The number of H-pyrrole nitrogens is 1. The fourth-order valence-corrected chi connectivity index (χ4v) is 1.63. The standard InChI is InChI=1S/C10H12N4O2S/c1-15-8-4-3-7(5-9(8)16-2)6-14-10(17)11-12-13-14/h3-5H,6H2,1-2H3,(H,11,13,17). The Bertz CT molecular complexity index is 563. The van der Waals surface area contributed by atoms with Gasteiger partial charge >= 0.3 is 0 Å². The number of nitrogens with one attached hydrogen (secondary N) is 1. The fourth-order valence-electron chi connectivity index (χ4n) is 1.48. The number of aromatic nitrogens is 4. The van der Waals surface area contributed by atoms with E-state index in [2.05, 4.69) is 15.5 Å². The van der Waals surface area contributed by atoms with Gasteiger partial charge in [-0.1, -0.05) is 16.4 Å². The molecule has 0 amide bonds. The minimum atomic E-state index is 0.416. The van der Waals surface area contributed by atoms with Crippen LogP contribution in [0.25, 0.3) is 0 Å². The number of nitrogens with zero attached hydrogens (tertiary/aromatic N) is 3. The molecule has 0 bridgehead atoms. The highest BCUT2D eigenvalue weighted by Gasteiger charge is 2.05. The van der Waals surface area contributed by atoms with E-state index in [4.69, 9.17) is 21.7 Å². The Morgan fingerprint density at radius 3 is 2.65 bits per heavy atom. The molecule has 0 atom stereocenters. The van der Waals surface area contributed by atoms with E-state index in [0.717, 1.165) is 5.56 Å². The summed E-state index contributed by atoms with van der Waals surface area (Å²) in [5.41, 5.74) is 1.02. The molecule has 2 aromatic rings. The number of benzene rings is 1. The van der Waals surface area contributed by atoms with Gasteiger partial charge in [0, 0.05) is 0 Å². The molecule has 1 aromatic carbocycles. The Kier molecular flexibility index (Phi) is 3.38. The molecule has 0 fully saturated rings. The Balaban J connectivity index is 2.28. The van der Waals surface area contributed by atoms with Crippen molar-refractivity contribution in [2.24, 2.45) is 0 Å². The van der Waals surface area contributed by atoms with Gasteiger partial charge in [0.1, 0.15) is 0 Å². The summed E-state index contributed by atoms with van der Waals surface area (Å²) in [5, 5.41) is 10.0. The van der Waals surface area contributed by atoms with Gasteiger partial charge in [-0.15, -0.1) is 0 Å².